The molecule has 0 saturated heterocycles. The summed E-state index contributed by atoms with van der Waals surface area (Å²) >= 11 is 0. The molecule has 0 atom stereocenters. The second-order valence-electron chi connectivity index (χ2n) is 6.44. The maximum Gasteiger partial charge on any atom is 0.252 e. The lowest BCUT2D eigenvalue weighted by molar-refractivity contribution is -0.111. The topological polar surface area (TPSA) is 89.6 Å². The first-order chi connectivity index (χ1) is 15.1. The quantitative estimate of drug-likeness (QED) is 0.534. The summed E-state index contributed by atoms with van der Waals surface area (Å²) in [7, 11) is 1.55. The molecular weight excluding hydrogens is 394 g/mol. The van der Waals surface area contributed by atoms with Gasteiger partial charge in [-0.05, 0) is 73.2 Å². The molecule has 0 bridgehead atoms. The number of amides is 2. The summed E-state index contributed by atoms with van der Waals surface area (Å²) in [5, 5.41) is 5.31. The van der Waals surface area contributed by atoms with E-state index in [2.05, 4.69) is 15.6 Å². The Morgan fingerprint density at radius 3 is 2.26 bits per heavy atom. The Kier molecular flexibility index (Phi) is 7.37. The van der Waals surface area contributed by atoms with Crippen LogP contribution in [0, 0.1) is 0 Å². The molecule has 2 aromatic carbocycles. The third-order valence-corrected chi connectivity index (χ3v) is 4.17. The summed E-state index contributed by atoms with van der Waals surface area (Å²) < 4.78 is 11.2. The fourth-order valence-electron chi connectivity index (χ4n) is 2.69. The molecular formula is C24H23N3O4. The summed E-state index contributed by atoms with van der Waals surface area (Å²) in [4.78, 5) is 27.8. The van der Waals surface area contributed by atoms with Gasteiger partial charge in [-0.15, -0.1) is 0 Å². The molecule has 7 heteroatoms. The van der Waals surface area contributed by atoms with Gasteiger partial charge in [0.2, 0.25) is 5.91 Å². The summed E-state index contributed by atoms with van der Waals surface area (Å²) in [6.45, 7) is 2.55. The van der Waals surface area contributed by atoms with Gasteiger partial charge in [-0.25, -0.2) is 0 Å². The van der Waals surface area contributed by atoms with Gasteiger partial charge < -0.3 is 20.1 Å². The molecule has 0 radical (unpaired) electrons. The monoisotopic (exact) mass is 417 g/mol. The number of aromatic nitrogens is 1. The van der Waals surface area contributed by atoms with Crippen LogP contribution in [-0.4, -0.2) is 30.5 Å². The van der Waals surface area contributed by atoms with Gasteiger partial charge in [0.25, 0.3) is 5.91 Å². The van der Waals surface area contributed by atoms with Crippen LogP contribution in [0.4, 0.5) is 5.69 Å². The van der Waals surface area contributed by atoms with Crippen molar-refractivity contribution in [1.29, 1.82) is 0 Å². The van der Waals surface area contributed by atoms with Crippen molar-refractivity contribution in [2.45, 2.75) is 6.92 Å². The predicted octanol–water partition coefficient (Wildman–Crippen LogP) is 4.28. The minimum atomic E-state index is -0.300. The van der Waals surface area contributed by atoms with Crippen molar-refractivity contribution in [3.05, 3.63) is 84.2 Å². The van der Waals surface area contributed by atoms with Crippen LogP contribution in [0.3, 0.4) is 0 Å². The lowest BCUT2D eigenvalue weighted by Gasteiger charge is -2.08. The summed E-state index contributed by atoms with van der Waals surface area (Å²) in [5.74, 6) is 1.59. The number of anilines is 1. The summed E-state index contributed by atoms with van der Waals surface area (Å²) in [6.07, 6.45) is 6.02. The SMILES string of the molecule is CCOc1ccc(Oc2ccc(NC(=O)/C=C/c3cncc(C(=O)NC)c3)cc2)cc1. The number of hydrogen-bond acceptors (Lipinski definition) is 5. The highest BCUT2D eigenvalue weighted by atomic mass is 16.5. The van der Waals surface area contributed by atoms with E-state index in [1.54, 1.807) is 49.7 Å². The van der Waals surface area contributed by atoms with Gasteiger partial charge >= 0.3 is 0 Å². The molecule has 0 fully saturated rings. The maximum absolute atomic E-state index is 12.2. The number of ether oxygens (including phenoxy) is 2. The molecule has 0 aliphatic heterocycles. The highest BCUT2D eigenvalue weighted by Gasteiger charge is 2.04. The van der Waals surface area contributed by atoms with Crippen molar-refractivity contribution in [2.24, 2.45) is 0 Å². The summed E-state index contributed by atoms with van der Waals surface area (Å²) in [5.41, 5.74) is 1.70. The van der Waals surface area contributed by atoms with E-state index in [9.17, 15) is 9.59 Å². The van der Waals surface area contributed by atoms with E-state index in [0.29, 0.717) is 34.9 Å². The van der Waals surface area contributed by atoms with Crippen LogP contribution < -0.4 is 20.1 Å². The molecule has 7 nitrogen and oxygen atoms in total. The third-order valence-electron chi connectivity index (χ3n) is 4.17. The number of carbonyl (C=O) groups is 2. The van der Waals surface area contributed by atoms with Crippen LogP contribution in [0.25, 0.3) is 6.08 Å². The molecule has 0 aliphatic rings. The first-order valence-electron chi connectivity index (χ1n) is 9.74. The molecule has 0 saturated carbocycles. The van der Waals surface area contributed by atoms with Crippen molar-refractivity contribution < 1.29 is 19.1 Å². The first kappa shape index (κ1) is 21.6. The molecule has 2 amide bonds. The van der Waals surface area contributed by atoms with Gasteiger partial charge in [-0.3, -0.25) is 14.6 Å². The van der Waals surface area contributed by atoms with E-state index in [1.807, 2.05) is 31.2 Å². The van der Waals surface area contributed by atoms with Crippen LogP contribution in [0.5, 0.6) is 17.2 Å². The van der Waals surface area contributed by atoms with Gasteiger partial charge in [0.15, 0.2) is 0 Å². The average Bonchev–Trinajstić information content (AvgIpc) is 2.80. The Bertz CT molecular complexity index is 1060. The van der Waals surface area contributed by atoms with Crippen LogP contribution in [0.1, 0.15) is 22.8 Å². The van der Waals surface area contributed by atoms with Crippen LogP contribution in [-0.2, 0) is 4.79 Å². The van der Waals surface area contributed by atoms with E-state index < -0.39 is 0 Å². The Balaban J connectivity index is 1.56. The van der Waals surface area contributed by atoms with Crippen LogP contribution in [0.2, 0.25) is 0 Å². The Morgan fingerprint density at radius 2 is 1.61 bits per heavy atom. The second-order valence-corrected chi connectivity index (χ2v) is 6.44. The molecule has 3 aromatic rings. The van der Waals surface area contributed by atoms with Crippen molar-refractivity contribution >= 4 is 23.6 Å². The number of rotatable bonds is 8. The fourth-order valence-corrected chi connectivity index (χ4v) is 2.69. The maximum atomic E-state index is 12.2. The Hall–Kier alpha value is -4.13. The molecule has 3 rings (SSSR count). The van der Waals surface area contributed by atoms with Crippen molar-refractivity contribution in [2.75, 3.05) is 19.0 Å². The first-order valence-corrected chi connectivity index (χ1v) is 9.74. The zero-order chi connectivity index (χ0) is 22.1. The smallest absolute Gasteiger partial charge is 0.252 e. The van der Waals surface area contributed by atoms with E-state index in [1.165, 1.54) is 12.3 Å². The lowest BCUT2D eigenvalue weighted by Crippen LogP contribution is -2.17. The van der Waals surface area contributed by atoms with Crippen LogP contribution >= 0.6 is 0 Å². The van der Waals surface area contributed by atoms with Crippen molar-refractivity contribution in [3.8, 4) is 17.2 Å². The molecule has 0 unspecified atom stereocenters. The largest absolute Gasteiger partial charge is 0.494 e. The van der Waals surface area contributed by atoms with Crippen molar-refractivity contribution in [1.82, 2.24) is 10.3 Å². The normalized spacial score (nSPS) is 10.5. The number of nitrogens with zero attached hydrogens (tertiary/aromatic N) is 1. The molecule has 1 heterocycles. The predicted molar refractivity (Wildman–Crippen MR) is 119 cm³/mol. The number of nitrogens with one attached hydrogen (secondary N) is 2. The molecule has 31 heavy (non-hydrogen) atoms. The molecule has 158 valence electrons. The number of hydrogen-bond donors (Lipinski definition) is 2. The molecule has 1 aromatic heterocycles. The second kappa shape index (κ2) is 10.6. The minimum Gasteiger partial charge on any atom is -0.494 e. The van der Waals surface area contributed by atoms with Gasteiger partial charge in [-0.2, -0.15) is 0 Å². The van der Waals surface area contributed by atoms with Gasteiger partial charge in [-0.1, -0.05) is 0 Å². The van der Waals surface area contributed by atoms with E-state index in [-0.39, 0.29) is 11.8 Å². The van der Waals surface area contributed by atoms with Gasteiger partial charge in [0.05, 0.1) is 12.2 Å². The van der Waals surface area contributed by atoms with Gasteiger partial charge in [0.1, 0.15) is 17.2 Å². The lowest BCUT2D eigenvalue weighted by atomic mass is 10.2. The van der Waals surface area contributed by atoms with Crippen molar-refractivity contribution in [3.63, 3.8) is 0 Å². The number of pyridine rings is 1. The van der Waals surface area contributed by atoms with E-state index >= 15 is 0 Å². The number of carbonyl (C=O) groups excluding carboxylic acids is 2. The van der Waals surface area contributed by atoms with E-state index in [0.717, 1.165) is 5.75 Å². The zero-order valence-electron chi connectivity index (χ0n) is 17.3. The van der Waals surface area contributed by atoms with Crippen LogP contribution in [0.15, 0.2) is 73.1 Å². The van der Waals surface area contributed by atoms with Gasteiger partial charge in [0, 0.05) is 31.2 Å². The Morgan fingerprint density at radius 1 is 0.968 bits per heavy atom. The highest BCUT2D eigenvalue weighted by Crippen LogP contribution is 2.25. The molecule has 0 spiro atoms. The highest BCUT2D eigenvalue weighted by molar-refractivity contribution is 6.02. The molecule has 2 N–H and O–H groups in total. The molecule has 0 aliphatic carbocycles. The van der Waals surface area contributed by atoms with E-state index in [4.69, 9.17) is 9.47 Å². The zero-order valence-corrected chi connectivity index (χ0v) is 17.3. The third kappa shape index (κ3) is 6.43. The minimum absolute atomic E-state index is 0.236. The summed E-state index contributed by atoms with van der Waals surface area (Å²) in [6, 6.07) is 16.1. The standard InChI is InChI=1S/C24H23N3O4/c1-3-30-20-9-11-22(12-10-20)31-21-7-5-19(6-8-21)27-23(28)13-4-17-14-18(16-26-15-17)24(29)25-2/h4-16H,3H2,1-2H3,(H,25,29)(H,27,28)/b13-4+. The Labute approximate surface area is 180 Å². The number of benzene rings is 2. The fraction of sp³-hybridized carbons (Fsp3) is 0.125. The average molecular weight is 417 g/mol.